The zero-order valence-corrected chi connectivity index (χ0v) is 14.0. The second kappa shape index (κ2) is 7.07. The van der Waals surface area contributed by atoms with Crippen molar-refractivity contribution in [2.75, 3.05) is 19.7 Å². The van der Waals surface area contributed by atoms with Crippen LogP contribution in [0.5, 0.6) is 0 Å². The molecule has 0 aliphatic carbocycles. The van der Waals surface area contributed by atoms with E-state index in [1.54, 1.807) is 11.8 Å². The summed E-state index contributed by atoms with van der Waals surface area (Å²) in [5, 5.41) is 0. The summed E-state index contributed by atoms with van der Waals surface area (Å²) in [6, 6.07) is 5.63. The first-order valence-electron chi connectivity index (χ1n) is 7.25. The average Bonchev–Trinajstić information content (AvgIpc) is 2.47. The Labute approximate surface area is 133 Å². The van der Waals surface area contributed by atoms with Crippen LogP contribution in [0.15, 0.2) is 22.7 Å². The minimum Gasteiger partial charge on any atom is -0.466 e. The van der Waals surface area contributed by atoms with Gasteiger partial charge in [-0.05, 0) is 50.5 Å². The molecular weight excluding hydrogens is 334 g/mol. The summed E-state index contributed by atoms with van der Waals surface area (Å²) in [7, 11) is 0. The van der Waals surface area contributed by atoms with Crippen LogP contribution in [0, 0.1) is 12.8 Å². The normalized spacial score (nSPS) is 18.4. The molecule has 114 valence electrons. The van der Waals surface area contributed by atoms with E-state index in [4.69, 9.17) is 4.74 Å². The molecule has 5 heteroatoms. The van der Waals surface area contributed by atoms with E-state index >= 15 is 0 Å². The first-order chi connectivity index (χ1) is 10.0. The van der Waals surface area contributed by atoms with Crippen molar-refractivity contribution in [1.29, 1.82) is 0 Å². The van der Waals surface area contributed by atoms with Gasteiger partial charge in [0.25, 0.3) is 5.91 Å². The summed E-state index contributed by atoms with van der Waals surface area (Å²) < 4.78 is 6.03. The van der Waals surface area contributed by atoms with Crippen molar-refractivity contribution < 1.29 is 14.3 Å². The van der Waals surface area contributed by atoms with Crippen LogP contribution in [0.2, 0.25) is 0 Å². The van der Waals surface area contributed by atoms with Crippen molar-refractivity contribution in [3.05, 3.63) is 33.8 Å². The van der Waals surface area contributed by atoms with Crippen molar-refractivity contribution in [2.24, 2.45) is 5.92 Å². The smallest absolute Gasteiger partial charge is 0.310 e. The Hall–Kier alpha value is -1.36. The zero-order chi connectivity index (χ0) is 15.4. The SMILES string of the molecule is CCOC(=O)[C@@H]1CCCN(C(=O)c2ccc(Br)cc2C)C1. The number of ether oxygens (including phenoxy) is 1. The minimum absolute atomic E-state index is 0.00556. The molecule has 0 saturated carbocycles. The van der Waals surface area contributed by atoms with Crippen LogP contribution in [-0.4, -0.2) is 36.5 Å². The highest BCUT2D eigenvalue weighted by atomic mass is 79.9. The van der Waals surface area contributed by atoms with Gasteiger partial charge in [0.2, 0.25) is 0 Å². The molecule has 21 heavy (non-hydrogen) atoms. The van der Waals surface area contributed by atoms with Gasteiger partial charge in [0.05, 0.1) is 12.5 Å². The number of hydrogen-bond donors (Lipinski definition) is 0. The molecule has 2 rings (SSSR count). The van der Waals surface area contributed by atoms with E-state index in [9.17, 15) is 9.59 Å². The molecule has 0 radical (unpaired) electrons. The Bertz CT molecular complexity index is 544. The number of carbonyl (C=O) groups excluding carboxylic acids is 2. The highest BCUT2D eigenvalue weighted by Crippen LogP contribution is 2.22. The Morgan fingerprint density at radius 2 is 2.19 bits per heavy atom. The highest BCUT2D eigenvalue weighted by Gasteiger charge is 2.30. The first kappa shape index (κ1) is 16.0. The molecule has 0 bridgehead atoms. The standard InChI is InChI=1S/C16H20BrNO3/c1-3-21-16(20)12-5-4-8-18(10-12)15(19)14-7-6-13(17)9-11(14)2/h6-7,9,12H,3-5,8,10H2,1-2H3/t12-/m1/s1. The van der Waals surface area contributed by atoms with E-state index in [1.165, 1.54) is 0 Å². The molecule has 1 aliphatic rings. The molecule has 1 amide bonds. The van der Waals surface area contributed by atoms with Crippen LogP contribution in [0.1, 0.15) is 35.7 Å². The molecule has 0 unspecified atom stereocenters. The third-order valence-corrected chi connectivity index (χ3v) is 4.24. The van der Waals surface area contributed by atoms with Gasteiger partial charge in [0, 0.05) is 23.1 Å². The number of amides is 1. The summed E-state index contributed by atoms with van der Waals surface area (Å²) in [4.78, 5) is 26.2. The van der Waals surface area contributed by atoms with E-state index in [0.717, 1.165) is 22.9 Å². The Kier molecular flexibility index (Phi) is 5.39. The number of benzene rings is 1. The Morgan fingerprint density at radius 3 is 2.86 bits per heavy atom. The van der Waals surface area contributed by atoms with Gasteiger partial charge in [-0.3, -0.25) is 9.59 Å². The van der Waals surface area contributed by atoms with Gasteiger partial charge in [0.1, 0.15) is 0 Å². The van der Waals surface area contributed by atoms with Crippen molar-refractivity contribution in [3.63, 3.8) is 0 Å². The molecule has 1 aromatic carbocycles. The van der Waals surface area contributed by atoms with Crippen LogP contribution < -0.4 is 0 Å². The molecule has 1 fully saturated rings. The molecule has 0 spiro atoms. The molecule has 0 N–H and O–H groups in total. The van der Waals surface area contributed by atoms with E-state index in [2.05, 4.69) is 15.9 Å². The topological polar surface area (TPSA) is 46.6 Å². The first-order valence-corrected chi connectivity index (χ1v) is 8.04. The molecule has 1 saturated heterocycles. The second-order valence-corrected chi connectivity index (χ2v) is 6.22. The quantitative estimate of drug-likeness (QED) is 0.784. The summed E-state index contributed by atoms with van der Waals surface area (Å²) in [6.45, 7) is 5.26. The summed E-state index contributed by atoms with van der Waals surface area (Å²) >= 11 is 3.40. The average molecular weight is 354 g/mol. The lowest BCUT2D eigenvalue weighted by Gasteiger charge is -2.32. The second-order valence-electron chi connectivity index (χ2n) is 5.30. The molecule has 1 aromatic rings. The van der Waals surface area contributed by atoms with Crippen molar-refractivity contribution in [2.45, 2.75) is 26.7 Å². The number of likely N-dealkylation sites (tertiary alicyclic amines) is 1. The number of esters is 1. The third kappa shape index (κ3) is 3.84. The van der Waals surface area contributed by atoms with Crippen LogP contribution in [0.4, 0.5) is 0 Å². The van der Waals surface area contributed by atoms with Gasteiger partial charge in [-0.2, -0.15) is 0 Å². The summed E-state index contributed by atoms with van der Waals surface area (Å²) in [5.74, 6) is -0.394. The maximum absolute atomic E-state index is 12.6. The van der Waals surface area contributed by atoms with Gasteiger partial charge in [0.15, 0.2) is 0 Å². The molecule has 1 heterocycles. The lowest BCUT2D eigenvalue weighted by atomic mass is 9.97. The summed E-state index contributed by atoms with van der Waals surface area (Å²) in [5.41, 5.74) is 1.63. The van der Waals surface area contributed by atoms with E-state index in [1.807, 2.05) is 25.1 Å². The van der Waals surface area contributed by atoms with Gasteiger partial charge < -0.3 is 9.64 Å². The Balaban J connectivity index is 2.10. The van der Waals surface area contributed by atoms with Crippen LogP contribution in [0.25, 0.3) is 0 Å². The number of piperidine rings is 1. The molecule has 1 atom stereocenters. The van der Waals surface area contributed by atoms with E-state index in [-0.39, 0.29) is 17.8 Å². The fourth-order valence-electron chi connectivity index (χ4n) is 2.65. The predicted molar refractivity (Wildman–Crippen MR) is 84.1 cm³/mol. The van der Waals surface area contributed by atoms with E-state index in [0.29, 0.717) is 25.3 Å². The molecule has 0 aromatic heterocycles. The number of hydrogen-bond acceptors (Lipinski definition) is 3. The van der Waals surface area contributed by atoms with E-state index < -0.39 is 0 Å². The Morgan fingerprint density at radius 1 is 1.43 bits per heavy atom. The third-order valence-electron chi connectivity index (χ3n) is 3.75. The fourth-order valence-corrected chi connectivity index (χ4v) is 3.13. The maximum atomic E-state index is 12.6. The van der Waals surface area contributed by atoms with Crippen molar-refractivity contribution in [1.82, 2.24) is 4.90 Å². The van der Waals surface area contributed by atoms with Crippen molar-refractivity contribution in [3.8, 4) is 0 Å². The van der Waals surface area contributed by atoms with Gasteiger partial charge in [-0.15, -0.1) is 0 Å². The largest absolute Gasteiger partial charge is 0.466 e. The maximum Gasteiger partial charge on any atom is 0.310 e. The van der Waals surface area contributed by atoms with Gasteiger partial charge in [-0.25, -0.2) is 0 Å². The van der Waals surface area contributed by atoms with Crippen molar-refractivity contribution >= 4 is 27.8 Å². The number of rotatable bonds is 3. The van der Waals surface area contributed by atoms with Gasteiger partial charge >= 0.3 is 5.97 Å². The summed E-state index contributed by atoms with van der Waals surface area (Å²) in [6.07, 6.45) is 1.63. The van der Waals surface area contributed by atoms with Crippen LogP contribution in [-0.2, 0) is 9.53 Å². The zero-order valence-electron chi connectivity index (χ0n) is 12.4. The van der Waals surface area contributed by atoms with Crippen LogP contribution in [0.3, 0.4) is 0 Å². The molecule has 4 nitrogen and oxygen atoms in total. The number of nitrogens with zero attached hydrogens (tertiary/aromatic N) is 1. The minimum atomic E-state index is -0.196. The van der Waals surface area contributed by atoms with Gasteiger partial charge in [-0.1, -0.05) is 15.9 Å². The molecule has 1 aliphatic heterocycles. The monoisotopic (exact) mass is 353 g/mol. The fraction of sp³-hybridized carbons (Fsp3) is 0.500. The number of aryl methyl sites for hydroxylation is 1. The van der Waals surface area contributed by atoms with Crippen LogP contribution >= 0.6 is 15.9 Å². The molecular formula is C16H20BrNO3. The number of carbonyl (C=O) groups is 2. The lowest BCUT2D eigenvalue weighted by molar-refractivity contribution is -0.149. The highest BCUT2D eigenvalue weighted by molar-refractivity contribution is 9.10. The lowest BCUT2D eigenvalue weighted by Crippen LogP contribution is -2.43. The predicted octanol–water partition coefficient (Wildman–Crippen LogP) is 3.17. The number of halogens is 1.